The van der Waals surface area contributed by atoms with Gasteiger partial charge in [-0.3, -0.25) is 0 Å². The van der Waals surface area contributed by atoms with Crippen LogP contribution in [0.1, 0.15) is 0 Å². The number of anilines is 1. The Labute approximate surface area is 94.2 Å². The molecule has 13 heavy (non-hydrogen) atoms. The molecule has 0 saturated carbocycles. The van der Waals surface area contributed by atoms with Gasteiger partial charge in [0, 0.05) is 8.96 Å². The molecular weight excluding hydrogens is 298 g/mol. The Hall–Kier alpha value is -0.550. The van der Waals surface area contributed by atoms with E-state index in [-0.39, 0.29) is 0 Å². The van der Waals surface area contributed by atoms with Crippen molar-refractivity contribution in [3.63, 3.8) is 0 Å². The lowest BCUT2D eigenvalue weighted by molar-refractivity contribution is 1.41. The highest BCUT2D eigenvalue weighted by molar-refractivity contribution is 14.1. The number of pyridine rings is 1. The second kappa shape index (κ2) is 3.31. The van der Waals surface area contributed by atoms with Crippen molar-refractivity contribution in [3.05, 3.63) is 32.9 Å². The third-order valence-corrected chi connectivity index (χ3v) is 3.02. The second-order valence-corrected chi connectivity index (χ2v) is 4.23. The number of halogens is 2. The molecule has 0 aliphatic carbocycles. The summed E-state index contributed by atoms with van der Waals surface area (Å²) in [5.74, 6) is 0.497. The SMILES string of the molecule is Nc1ccc2c(I)ccc(Cl)c2n1. The van der Waals surface area contributed by atoms with Crippen LogP contribution < -0.4 is 5.73 Å². The van der Waals surface area contributed by atoms with Crippen LogP contribution in [-0.2, 0) is 0 Å². The first-order chi connectivity index (χ1) is 6.18. The van der Waals surface area contributed by atoms with Gasteiger partial charge >= 0.3 is 0 Å². The van der Waals surface area contributed by atoms with E-state index >= 15 is 0 Å². The van der Waals surface area contributed by atoms with Crippen LogP contribution in [0.4, 0.5) is 5.82 Å². The highest BCUT2D eigenvalue weighted by Gasteiger charge is 2.03. The van der Waals surface area contributed by atoms with Gasteiger partial charge in [0.15, 0.2) is 0 Å². The van der Waals surface area contributed by atoms with E-state index in [1.807, 2.05) is 18.2 Å². The highest BCUT2D eigenvalue weighted by Crippen LogP contribution is 2.26. The number of nitrogens with zero attached hydrogens (tertiary/aromatic N) is 1. The first-order valence-corrected chi connectivity index (χ1v) is 5.14. The van der Waals surface area contributed by atoms with E-state index in [4.69, 9.17) is 17.3 Å². The predicted molar refractivity (Wildman–Crippen MR) is 63.9 cm³/mol. The summed E-state index contributed by atoms with van der Waals surface area (Å²) in [4.78, 5) is 4.18. The Morgan fingerprint density at radius 1 is 1.23 bits per heavy atom. The number of nitrogens with two attached hydrogens (primary N) is 1. The fourth-order valence-corrected chi connectivity index (χ4v) is 1.99. The Kier molecular flexibility index (Phi) is 2.29. The zero-order valence-electron chi connectivity index (χ0n) is 6.59. The largest absolute Gasteiger partial charge is 0.384 e. The molecule has 2 aromatic rings. The Morgan fingerprint density at radius 3 is 2.77 bits per heavy atom. The quantitative estimate of drug-likeness (QED) is 0.760. The van der Waals surface area contributed by atoms with E-state index in [0.29, 0.717) is 10.8 Å². The maximum Gasteiger partial charge on any atom is 0.124 e. The van der Waals surface area contributed by atoms with Crippen LogP contribution >= 0.6 is 34.2 Å². The molecule has 4 heteroatoms. The maximum absolute atomic E-state index is 5.98. The third kappa shape index (κ3) is 1.58. The summed E-state index contributed by atoms with van der Waals surface area (Å²) < 4.78 is 1.13. The van der Waals surface area contributed by atoms with E-state index in [1.165, 1.54) is 0 Å². The monoisotopic (exact) mass is 304 g/mol. The molecule has 2 nitrogen and oxygen atoms in total. The molecule has 66 valence electrons. The highest BCUT2D eigenvalue weighted by atomic mass is 127. The lowest BCUT2D eigenvalue weighted by Gasteiger charge is -2.02. The summed E-state index contributed by atoms with van der Waals surface area (Å²) >= 11 is 8.23. The van der Waals surface area contributed by atoms with Crippen molar-refractivity contribution >= 4 is 50.9 Å². The molecule has 0 bridgehead atoms. The molecule has 0 aliphatic rings. The van der Waals surface area contributed by atoms with Crippen LogP contribution in [0.25, 0.3) is 10.9 Å². The van der Waals surface area contributed by atoms with E-state index in [0.717, 1.165) is 14.5 Å². The average molecular weight is 305 g/mol. The summed E-state index contributed by atoms with van der Waals surface area (Å²) in [6, 6.07) is 7.51. The summed E-state index contributed by atoms with van der Waals surface area (Å²) in [7, 11) is 0. The van der Waals surface area contributed by atoms with Gasteiger partial charge in [-0.1, -0.05) is 11.6 Å². The van der Waals surface area contributed by atoms with Gasteiger partial charge in [-0.15, -0.1) is 0 Å². The zero-order chi connectivity index (χ0) is 9.42. The summed E-state index contributed by atoms with van der Waals surface area (Å²) in [6.07, 6.45) is 0. The average Bonchev–Trinajstić information content (AvgIpc) is 2.12. The van der Waals surface area contributed by atoms with Gasteiger partial charge in [-0.25, -0.2) is 4.98 Å². The Morgan fingerprint density at radius 2 is 2.00 bits per heavy atom. The number of aromatic nitrogens is 1. The maximum atomic E-state index is 5.98. The first kappa shape index (κ1) is 9.02. The van der Waals surface area contributed by atoms with Crippen molar-refractivity contribution < 1.29 is 0 Å². The van der Waals surface area contributed by atoms with Crippen molar-refractivity contribution in [2.75, 3.05) is 5.73 Å². The topological polar surface area (TPSA) is 38.9 Å². The van der Waals surface area contributed by atoms with E-state index in [2.05, 4.69) is 27.6 Å². The number of hydrogen-bond donors (Lipinski definition) is 1. The van der Waals surface area contributed by atoms with Crippen LogP contribution in [0, 0.1) is 3.57 Å². The smallest absolute Gasteiger partial charge is 0.124 e. The predicted octanol–water partition coefficient (Wildman–Crippen LogP) is 3.08. The van der Waals surface area contributed by atoms with Crippen LogP contribution in [0.15, 0.2) is 24.3 Å². The van der Waals surface area contributed by atoms with E-state index in [1.54, 1.807) is 6.07 Å². The zero-order valence-corrected chi connectivity index (χ0v) is 9.50. The molecule has 1 aromatic carbocycles. The lowest BCUT2D eigenvalue weighted by atomic mass is 10.2. The van der Waals surface area contributed by atoms with E-state index < -0.39 is 0 Å². The normalized spacial score (nSPS) is 10.6. The summed E-state index contributed by atoms with van der Waals surface area (Å²) in [5, 5.41) is 1.69. The first-order valence-electron chi connectivity index (χ1n) is 3.69. The fourth-order valence-electron chi connectivity index (χ4n) is 1.16. The summed E-state index contributed by atoms with van der Waals surface area (Å²) in [5.41, 5.74) is 6.34. The van der Waals surface area contributed by atoms with Gasteiger partial charge in [0.25, 0.3) is 0 Å². The molecule has 0 saturated heterocycles. The van der Waals surface area contributed by atoms with E-state index in [9.17, 15) is 0 Å². The molecule has 0 aliphatic heterocycles. The fraction of sp³-hybridized carbons (Fsp3) is 0. The van der Waals surface area contributed by atoms with Gasteiger partial charge < -0.3 is 5.73 Å². The number of hydrogen-bond acceptors (Lipinski definition) is 2. The van der Waals surface area contributed by atoms with Crippen molar-refractivity contribution in [2.45, 2.75) is 0 Å². The molecule has 0 radical (unpaired) electrons. The molecule has 0 fully saturated rings. The Balaban J connectivity index is 2.92. The molecule has 0 atom stereocenters. The second-order valence-electron chi connectivity index (χ2n) is 2.66. The van der Waals surface area contributed by atoms with Gasteiger partial charge in [0.05, 0.1) is 10.5 Å². The number of nitrogen functional groups attached to an aromatic ring is 1. The van der Waals surface area contributed by atoms with Crippen LogP contribution in [0.3, 0.4) is 0 Å². The van der Waals surface area contributed by atoms with Gasteiger partial charge in [-0.2, -0.15) is 0 Å². The minimum absolute atomic E-state index is 0.497. The van der Waals surface area contributed by atoms with Gasteiger partial charge in [0.2, 0.25) is 0 Å². The standard InChI is InChI=1S/C9H6ClIN2/c10-6-2-3-7(11)5-1-4-8(12)13-9(5)6/h1-4H,(H2,12,13). The molecular formula is C9H6ClIN2. The molecule has 0 spiro atoms. The molecule has 2 rings (SSSR count). The van der Waals surface area contributed by atoms with Gasteiger partial charge in [0.1, 0.15) is 5.82 Å². The Bertz CT molecular complexity index is 470. The number of fused-ring (bicyclic) bond motifs is 1. The van der Waals surface area contributed by atoms with Crippen molar-refractivity contribution in [1.29, 1.82) is 0 Å². The third-order valence-electron chi connectivity index (χ3n) is 1.78. The molecule has 1 heterocycles. The molecule has 0 unspecified atom stereocenters. The van der Waals surface area contributed by atoms with Gasteiger partial charge in [-0.05, 0) is 46.9 Å². The minimum Gasteiger partial charge on any atom is -0.384 e. The van der Waals surface area contributed by atoms with Crippen molar-refractivity contribution in [1.82, 2.24) is 4.98 Å². The molecule has 2 N–H and O–H groups in total. The van der Waals surface area contributed by atoms with Crippen LogP contribution in [0.5, 0.6) is 0 Å². The molecule has 0 amide bonds. The molecule has 1 aromatic heterocycles. The van der Waals surface area contributed by atoms with Crippen LogP contribution in [-0.4, -0.2) is 4.98 Å². The lowest BCUT2D eigenvalue weighted by Crippen LogP contribution is -1.91. The van der Waals surface area contributed by atoms with Crippen molar-refractivity contribution in [3.8, 4) is 0 Å². The van der Waals surface area contributed by atoms with Crippen molar-refractivity contribution in [2.24, 2.45) is 0 Å². The minimum atomic E-state index is 0.497. The summed E-state index contributed by atoms with van der Waals surface area (Å²) in [6.45, 7) is 0. The number of benzene rings is 1. The number of rotatable bonds is 0. The van der Waals surface area contributed by atoms with Crippen LogP contribution in [0.2, 0.25) is 5.02 Å².